The van der Waals surface area contributed by atoms with Crippen molar-refractivity contribution >= 4 is 40.8 Å². The number of thioether (sulfide) groups is 1. The van der Waals surface area contributed by atoms with Crippen LogP contribution in [0.1, 0.15) is 36.8 Å². The molecule has 1 atom stereocenters. The molecule has 0 saturated carbocycles. The molecule has 0 fully saturated rings. The van der Waals surface area contributed by atoms with Gasteiger partial charge in [0, 0.05) is 28.2 Å². The molecule has 1 aliphatic heterocycles. The lowest BCUT2D eigenvalue weighted by Crippen LogP contribution is -2.39. The van der Waals surface area contributed by atoms with Crippen LogP contribution in [0.4, 0.5) is 5.69 Å². The Labute approximate surface area is 237 Å². The second-order valence-electron chi connectivity index (χ2n) is 8.98. The van der Waals surface area contributed by atoms with Crippen molar-refractivity contribution in [3.05, 3.63) is 113 Å². The van der Waals surface area contributed by atoms with Crippen molar-refractivity contribution in [3.8, 4) is 11.3 Å². The summed E-state index contributed by atoms with van der Waals surface area (Å²) in [6.45, 7) is 5.34. The van der Waals surface area contributed by atoms with Gasteiger partial charge < -0.3 is 9.15 Å². The molecule has 0 N–H and O–H groups in total. The quantitative estimate of drug-likeness (QED) is 0.132. The van der Waals surface area contributed by atoms with Gasteiger partial charge in [-0.2, -0.15) is 0 Å². The third kappa shape index (κ3) is 4.93. The summed E-state index contributed by atoms with van der Waals surface area (Å²) in [5.41, 5.74) is 2.35. The number of rotatable bonds is 7. The normalized spacial score (nSPS) is 15.1. The summed E-state index contributed by atoms with van der Waals surface area (Å²) < 4.78 is 13.2. The summed E-state index contributed by atoms with van der Waals surface area (Å²) in [7, 11) is 0. The molecule has 40 heavy (non-hydrogen) atoms. The highest BCUT2D eigenvalue weighted by Crippen LogP contribution is 2.33. The van der Waals surface area contributed by atoms with E-state index in [1.807, 2.05) is 30.5 Å². The van der Waals surface area contributed by atoms with Gasteiger partial charge in [-0.3, -0.25) is 19.5 Å². The molecule has 0 unspecified atom stereocenters. The number of aromatic nitrogens is 1. The van der Waals surface area contributed by atoms with Crippen molar-refractivity contribution in [1.29, 1.82) is 0 Å². The highest BCUT2D eigenvalue weighted by Gasteiger charge is 2.33. The summed E-state index contributed by atoms with van der Waals surface area (Å²) >= 11 is 2.80. The molecule has 4 aromatic rings. The zero-order valence-electron chi connectivity index (χ0n) is 22.2. The van der Waals surface area contributed by atoms with Crippen molar-refractivity contribution in [1.82, 2.24) is 4.57 Å². The van der Waals surface area contributed by atoms with Gasteiger partial charge in [-0.05, 0) is 56.9 Å². The maximum Gasteiger partial charge on any atom is 0.338 e. The second-order valence-corrected chi connectivity index (χ2v) is 10.9. The maximum absolute atomic E-state index is 13.8. The fourth-order valence-corrected chi connectivity index (χ4v) is 6.12. The Kier molecular flexibility index (Phi) is 7.59. The van der Waals surface area contributed by atoms with Crippen molar-refractivity contribution < 1.29 is 18.9 Å². The zero-order chi connectivity index (χ0) is 28.6. The van der Waals surface area contributed by atoms with E-state index in [0.29, 0.717) is 43.3 Å². The molecule has 5 rings (SSSR count). The molecule has 0 saturated heterocycles. The molecule has 0 aliphatic carbocycles. The third-order valence-electron chi connectivity index (χ3n) is 6.62. The smallest absolute Gasteiger partial charge is 0.338 e. The van der Waals surface area contributed by atoms with Crippen LogP contribution in [0.5, 0.6) is 0 Å². The Morgan fingerprint density at radius 2 is 1.95 bits per heavy atom. The van der Waals surface area contributed by atoms with E-state index < -0.39 is 16.9 Å². The van der Waals surface area contributed by atoms with Crippen molar-refractivity contribution in [2.24, 2.45) is 4.99 Å². The summed E-state index contributed by atoms with van der Waals surface area (Å²) in [5.74, 6) is 0.348. The Bertz CT molecular complexity index is 1850. The van der Waals surface area contributed by atoms with Crippen LogP contribution in [0, 0.1) is 17.0 Å². The fourth-order valence-electron chi connectivity index (χ4n) is 4.69. The van der Waals surface area contributed by atoms with E-state index >= 15 is 0 Å². The zero-order valence-corrected chi connectivity index (χ0v) is 23.8. The highest BCUT2D eigenvalue weighted by molar-refractivity contribution is 7.98. The lowest BCUT2D eigenvalue weighted by atomic mass is 9.96. The lowest BCUT2D eigenvalue weighted by molar-refractivity contribution is -0.385. The van der Waals surface area contributed by atoms with Gasteiger partial charge in [0.2, 0.25) is 0 Å². The van der Waals surface area contributed by atoms with Crippen LogP contribution in [0.2, 0.25) is 0 Å². The van der Waals surface area contributed by atoms with Gasteiger partial charge in [0.15, 0.2) is 4.80 Å². The number of esters is 1. The standard InChI is InChI=1S/C29H25N3O6S2/c1-5-37-28(34)25-17(3)30-29-31(26(25)18-9-12-20(39-4)13-10-18)27(33)24(40-29)15-19-11-14-23(38-19)21-7-6-8-22(16(21)2)32(35)36/h6-15,26H,5H2,1-4H3/b24-15-/t26-/m1/s1. The number of fused-ring (bicyclic) bond motifs is 1. The predicted molar refractivity (Wildman–Crippen MR) is 154 cm³/mol. The Morgan fingerprint density at radius 3 is 2.62 bits per heavy atom. The molecular weight excluding hydrogens is 550 g/mol. The van der Waals surface area contributed by atoms with Crippen molar-refractivity contribution in [2.75, 3.05) is 12.9 Å². The van der Waals surface area contributed by atoms with Crippen LogP contribution in [0.3, 0.4) is 0 Å². The van der Waals surface area contributed by atoms with E-state index in [-0.39, 0.29) is 17.9 Å². The first-order chi connectivity index (χ1) is 19.2. The molecule has 0 bridgehead atoms. The Morgan fingerprint density at radius 1 is 1.20 bits per heavy atom. The van der Waals surface area contributed by atoms with E-state index in [1.165, 1.54) is 22.0 Å². The monoisotopic (exact) mass is 575 g/mol. The van der Waals surface area contributed by atoms with Gasteiger partial charge >= 0.3 is 5.97 Å². The summed E-state index contributed by atoms with van der Waals surface area (Å²) in [5, 5.41) is 11.4. The summed E-state index contributed by atoms with van der Waals surface area (Å²) in [6.07, 6.45) is 3.60. The molecule has 3 heterocycles. The minimum absolute atomic E-state index is 0.00194. The first-order valence-corrected chi connectivity index (χ1v) is 14.5. The number of benzene rings is 2. The third-order valence-corrected chi connectivity index (χ3v) is 8.34. The van der Waals surface area contributed by atoms with Crippen LogP contribution in [0.25, 0.3) is 17.4 Å². The number of allylic oxidation sites excluding steroid dienone is 1. The van der Waals surface area contributed by atoms with Crippen LogP contribution in [-0.2, 0) is 9.53 Å². The van der Waals surface area contributed by atoms with Crippen LogP contribution in [-0.4, -0.2) is 28.3 Å². The molecule has 2 aromatic heterocycles. The van der Waals surface area contributed by atoms with Crippen LogP contribution in [0.15, 0.2) is 85.0 Å². The van der Waals surface area contributed by atoms with E-state index in [1.54, 1.807) is 62.9 Å². The van der Waals surface area contributed by atoms with Crippen LogP contribution >= 0.6 is 23.1 Å². The van der Waals surface area contributed by atoms with Crippen LogP contribution < -0.4 is 14.9 Å². The number of hydrogen-bond donors (Lipinski definition) is 0. The lowest BCUT2D eigenvalue weighted by Gasteiger charge is -2.24. The number of nitro benzene ring substituents is 1. The number of nitro groups is 1. The molecule has 9 nitrogen and oxygen atoms in total. The van der Waals surface area contributed by atoms with Gasteiger partial charge in [0.05, 0.1) is 33.4 Å². The summed E-state index contributed by atoms with van der Waals surface area (Å²) in [6, 6.07) is 15.2. The second kappa shape index (κ2) is 11.1. The number of carbonyl (C=O) groups excluding carboxylic acids is 1. The molecule has 0 amide bonds. The van der Waals surface area contributed by atoms with Gasteiger partial charge in [0.25, 0.3) is 11.2 Å². The van der Waals surface area contributed by atoms with Gasteiger partial charge in [0.1, 0.15) is 11.5 Å². The predicted octanol–water partition coefficient (Wildman–Crippen LogP) is 5.00. The number of furan rings is 1. The van der Waals surface area contributed by atoms with E-state index in [9.17, 15) is 19.7 Å². The number of ether oxygens (including phenoxy) is 1. The SMILES string of the molecule is CCOC(=O)C1=C(C)N=c2s/c(=C\c3ccc(-c4cccc([N+](=O)[O-])c4C)o3)c(=O)n2[C@@H]1c1ccc(SC)cc1. The molecule has 1 aliphatic rings. The average Bonchev–Trinajstić information content (AvgIpc) is 3.52. The molecular formula is C29H25N3O6S2. The number of carbonyl (C=O) groups is 1. The maximum atomic E-state index is 13.8. The van der Waals surface area contributed by atoms with Gasteiger partial charge in [-0.15, -0.1) is 11.8 Å². The minimum Gasteiger partial charge on any atom is -0.463 e. The first kappa shape index (κ1) is 27.4. The average molecular weight is 576 g/mol. The molecule has 0 spiro atoms. The highest BCUT2D eigenvalue weighted by atomic mass is 32.2. The topological polar surface area (TPSA) is 117 Å². The molecule has 0 radical (unpaired) electrons. The Hall–Kier alpha value is -4.22. The number of nitrogens with zero attached hydrogens (tertiary/aromatic N) is 3. The molecule has 204 valence electrons. The Balaban J connectivity index is 1.62. The number of hydrogen-bond acceptors (Lipinski definition) is 9. The minimum atomic E-state index is -0.701. The van der Waals surface area contributed by atoms with Gasteiger partial charge in [-0.25, -0.2) is 9.79 Å². The van der Waals surface area contributed by atoms with Gasteiger partial charge in [-0.1, -0.05) is 35.6 Å². The van der Waals surface area contributed by atoms with E-state index in [4.69, 9.17) is 9.15 Å². The van der Waals surface area contributed by atoms with Crippen molar-refractivity contribution in [3.63, 3.8) is 0 Å². The number of thiazole rings is 1. The van der Waals surface area contributed by atoms with E-state index in [0.717, 1.165) is 10.5 Å². The summed E-state index contributed by atoms with van der Waals surface area (Å²) in [4.78, 5) is 43.9. The largest absolute Gasteiger partial charge is 0.463 e. The molecule has 2 aromatic carbocycles. The first-order valence-electron chi connectivity index (χ1n) is 12.4. The molecule has 11 heteroatoms. The van der Waals surface area contributed by atoms with E-state index in [2.05, 4.69) is 4.99 Å². The van der Waals surface area contributed by atoms with Crippen molar-refractivity contribution in [2.45, 2.75) is 31.7 Å². The fraction of sp³-hybridized carbons (Fsp3) is 0.207.